The van der Waals surface area contributed by atoms with Gasteiger partial charge in [-0.3, -0.25) is 4.79 Å². The van der Waals surface area contributed by atoms with Crippen LogP contribution >= 0.6 is 0 Å². The first-order chi connectivity index (χ1) is 13.3. The van der Waals surface area contributed by atoms with Crippen LogP contribution in [0.25, 0.3) is 5.65 Å². The summed E-state index contributed by atoms with van der Waals surface area (Å²) in [6.07, 6.45) is 1.66. The molecule has 0 aliphatic carbocycles. The van der Waals surface area contributed by atoms with Crippen molar-refractivity contribution in [1.29, 1.82) is 0 Å². The molecule has 0 spiro atoms. The van der Waals surface area contributed by atoms with Crippen LogP contribution in [0, 0.1) is 13.8 Å². The molecule has 8 heteroatoms. The standard InChI is InChI=1S/C20H26N6O2/c1-12-17(13(2)28-24-12)19(27)25-10-8-14(9-11-25)18-22-21-16-7-6-15(20(3,4)5)23-26(16)18/h6-7,14H,8-11H2,1-5H3. The van der Waals surface area contributed by atoms with Gasteiger partial charge < -0.3 is 9.42 Å². The van der Waals surface area contributed by atoms with Crippen LogP contribution in [-0.2, 0) is 5.41 Å². The van der Waals surface area contributed by atoms with Gasteiger partial charge in [-0.25, -0.2) is 0 Å². The molecule has 0 radical (unpaired) electrons. The van der Waals surface area contributed by atoms with Gasteiger partial charge in [0.05, 0.1) is 11.4 Å². The number of nitrogens with zero attached hydrogens (tertiary/aromatic N) is 6. The van der Waals surface area contributed by atoms with Gasteiger partial charge in [0.25, 0.3) is 5.91 Å². The highest BCUT2D eigenvalue weighted by Gasteiger charge is 2.30. The molecule has 0 unspecified atom stereocenters. The summed E-state index contributed by atoms with van der Waals surface area (Å²) < 4.78 is 7.02. The maximum Gasteiger partial charge on any atom is 0.259 e. The molecule has 0 saturated carbocycles. The number of hydrogen-bond acceptors (Lipinski definition) is 6. The van der Waals surface area contributed by atoms with Crippen molar-refractivity contribution in [2.24, 2.45) is 0 Å². The molecule has 0 N–H and O–H groups in total. The highest BCUT2D eigenvalue weighted by atomic mass is 16.5. The second-order valence-electron chi connectivity index (χ2n) is 8.56. The van der Waals surface area contributed by atoms with Gasteiger partial charge in [-0.1, -0.05) is 25.9 Å². The molecule has 0 aromatic carbocycles. The lowest BCUT2D eigenvalue weighted by Gasteiger charge is -2.31. The van der Waals surface area contributed by atoms with Gasteiger partial charge in [-0.2, -0.15) is 9.61 Å². The fraction of sp³-hybridized carbons (Fsp3) is 0.550. The molecular weight excluding hydrogens is 356 g/mol. The summed E-state index contributed by atoms with van der Waals surface area (Å²) in [5.74, 6) is 1.68. The van der Waals surface area contributed by atoms with E-state index in [1.807, 2.05) is 21.5 Å². The van der Waals surface area contributed by atoms with Crippen LogP contribution in [-0.4, -0.2) is 48.9 Å². The van der Waals surface area contributed by atoms with E-state index >= 15 is 0 Å². The summed E-state index contributed by atoms with van der Waals surface area (Å²) in [5, 5.41) is 17.4. The summed E-state index contributed by atoms with van der Waals surface area (Å²) >= 11 is 0. The van der Waals surface area contributed by atoms with E-state index in [9.17, 15) is 4.79 Å². The zero-order valence-electron chi connectivity index (χ0n) is 17.1. The Morgan fingerprint density at radius 3 is 2.46 bits per heavy atom. The molecule has 1 saturated heterocycles. The zero-order valence-corrected chi connectivity index (χ0v) is 17.1. The van der Waals surface area contributed by atoms with Crippen molar-refractivity contribution in [3.8, 4) is 0 Å². The topological polar surface area (TPSA) is 89.4 Å². The molecule has 4 rings (SSSR count). The Morgan fingerprint density at radius 1 is 1.14 bits per heavy atom. The Hall–Kier alpha value is -2.77. The summed E-state index contributed by atoms with van der Waals surface area (Å²) in [6.45, 7) is 11.3. The first-order valence-electron chi connectivity index (χ1n) is 9.70. The second kappa shape index (κ2) is 6.68. The van der Waals surface area contributed by atoms with E-state index in [1.54, 1.807) is 13.8 Å². The number of fused-ring (bicyclic) bond motifs is 1. The van der Waals surface area contributed by atoms with E-state index in [2.05, 4.69) is 36.1 Å². The van der Waals surface area contributed by atoms with Crippen LogP contribution < -0.4 is 0 Å². The average Bonchev–Trinajstić information content (AvgIpc) is 3.23. The van der Waals surface area contributed by atoms with Gasteiger partial charge in [0, 0.05) is 24.4 Å². The van der Waals surface area contributed by atoms with Crippen molar-refractivity contribution >= 4 is 11.6 Å². The van der Waals surface area contributed by atoms with Crippen molar-refractivity contribution in [2.45, 2.75) is 58.8 Å². The second-order valence-corrected chi connectivity index (χ2v) is 8.56. The summed E-state index contributed by atoms with van der Waals surface area (Å²) in [5.41, 5.74) is 2.96. The van der Waals surface area contributed by atoms with E-state index in [1.165, 1.54) is 0 Å². The molecule has 0 bridgehead atoms. The van der Waals surface area contributed by atoms with Crippen LogP contribution in [0.1, 0.15) is 72.9 Å². The van der Waals surface area contributed by atoms with Gasteiger partial charge >= 0.3 is 0 Å². The van der Waals surface area contributed by atoms with Crippen LogP contribution in [0.15, 0.2) is 16.7 Å². The van der Waals surface area contributed by atoms with Gasteiger partial charge in [-0.15, -0.1) is 10.2 Å². The molecule has 148 valence electrons. The minimum atomic E-state index is -0.0418. The number of piperidine rings is 1. The third kappa shape index (κ3) is 3.16. The predicted molar refractivity (Wildman–Crippen MR) is 103 cm³/mol. The number of aromatic nitrogens is 5. The maximum absolute atomic E-state index is 12.8. The Balaban J connectivity index is 1.53. The third-order valence-corrected chi connectivity index (χ3v) is 5.45. The number of amides is 1. The SMILES string of the molecule is Cc1noc(C)c1C(=O)N1CCC(c2nnc3ccc(C(C)(C)C)nn23)CC1. The number of hydrogen-bond donors (Lipinski definition) is 0. The smallest absolute Gasteiger partial charge is 0.259 e. The summed E-state index contributed by atoms with van der Waals surface area (Å²) in [6, 6.07) is 3.98. The molecule has 28 heavy (non-hydrogen) atoms. The summed E-state index contributed by atoms with van der Waals surface area (Å²) in [7, 11) is 0. The van der Waals surface area contributed by atoms with Crippen molar-refractivity contribution in [1.82, 2.24) is 29.9 Å². The van der Waals surface area contributed by atoms with Crippen LogP contribution in [0.5, 0.6) is 0 Å². The highest BCUT2D eigenvalue weighted by molar-refractivity contribution is 5.96. The number of rotatable bonds is 2. The van der Waals surface area contributed by atoms with E-state index < -0.39 is 0 Å². The van der Waals surface area contributed by atoms with Gasteiger partial charge in [0.1, 0.15) is 11.3 Å². The zero-order chi connectivity index (χ0) is 20.1. The lowest BCUT2D eigenvalue weighted by molar-refractivity contribution is 0.0708. The molecule has 1 aliphatic rings. The number of carbonyl (C=O) groups is 1. The molecule has 0 atom stereocenters. The Kier molecular flexibility index (Phi) is 4.44. The van der Waals surface area contributed by atoms with Crippen molar-refractivity contribution in [2.75, 3.05) is 13.1 Å². The number of likely N-dealkylation sites (tertiary alicyclic amines) is 1. The largest absolute Gasteiger partial charge is 0.361 e. The molecular formula is C20H26N6O2. The Morgan fingerprint density at radius 2 is 1.86 bits per heavy atom. The monoisotopic (exact) mass is 382 g/mol. The highest BCUT2D eigenvalue weighted by Crippen LogP contribution is 2.29. The van der Waals surface area contributed by atoms with E-state index in [-0.39, 0.29) is 17.2 Å². The lowest BCUT2D eigenvalue weighted by atomic mass is 9.92. The van der Waals surface area contributed by atoms with Gasteiger partial charge in [-0.05, 0) is 38.8 Å². The van der Waals surface area contributed by atoms with E-state index in [0.29, 0.717) is 30.1 Å². The Bertz CT molecular complexity index is 1000. The van der Waals surface area contributed by atoms with E-state index in [4.69, 9.17) is 9.62 Å². The molecule has 1 aliphatic heterocycles. The predicted octanol–water partition coefficient (Wildman–Crippen LogP) is 3.05. The van der Waals surface area contributed by atoms with Crippen LogP contribution in [0.2, 0.25) is 0 Å². The third-order valence-electron chi connectivity index (χ3n) is 5.45. The fourth-order valence-electron chi connectivity index (χ4n) is 3.75. The molecule has 1 fully saturated rings. The van der Waals surface area contributed by atoms with Gasteiger partial charge in [0.15, 0.2) is 11.5 Å². The fourth-order valence-corrected chi connectivity index (χ4v) is 3.75. The van der Waals surface area contributed by atoms with E-state index in [0.717, 1.165) is 30.0 Å². The number of aryl methyl sites for hydroxylation is 2. The van der Waals surface area contributed by atoms with Crippen molar-refractivity contribution < 1.29 is 9.32 Å². The average molecular weight is 382 g/mol. The normalized spacial score (nSPS) is 16.1. The first kappa shape index (κ1) is 18.6. The van der Waals surface area contributed by atoms with Crippen LogP contribution in [0.4, 0.5) is 0 Å². The molecule has 4 heterocycles. The first-order valence-corrected chi connectivity index (χ1v) is 9.70. The van der Waals surface area contributed by atoms with Crippen molar-refractivity contribution in [3.63, 3.8) is 0 Å². The molecule has 3 aromatic rings. The lowest BCUT2D eigenvalue weighted by Crippen LogP contribution is -2.38. The van der Waals surface area contributed by atoms with Crippen LogP contribution in [0.3, 0.4) is 0 Å². The molecule has 3 aromatic heterocycles. The van der Waals surface area contributed by atoms with Crippen molar-refractivity contribution in [3.05, 3.63) is 40.7 Å². The maximum atomic E-state index is 12.8. The summed E-state index contributed by atoms with van der Waals surface area (Å²) in [4.78, 5) is 14.7. The number of carbonyl (C=O) groups excluding carboxylic acids is 1. The molecule has 8 nitrogen and oxygen atoms in total. The molecule has 1 amide bonds. The van der Waals surface area contributed by atoms with Gasteiger partial charge in [0.2, 0.25) is 0 Å². The minimum absolute atomic E-state index is 0.00561. The minimum Gasteiger partial charge on any atom is -0.361 e. The quantitative estimate of drug-likeness (QED) is 0.677. The Labute approximate surface area is 163 Å².